The normalized spacial score (nSPS) is 10.8. The smallest absolute Gasteiger partial charge is 0.260 e. The fourth-order valence-corrected chi connectivity index (χ4v) is 2.79. The number of hydrogen-bond donors (Lipinski definition) is 0. The van der Waals surface area contributed by atoms with E-state index in [1.54, 1.807) is 22.5 Å². The Bertz CT molecular complexity index is 796. The van der Waals surface area contributed by atoms with Crippen molar-refractivity contribution in [2.75, 3.05) is 6.26 Å². The van der Waals surface area contributed by atoms with Crippen molar-refractivity contribution in [3.8, 4) is 5.69 Å². The van der Waals surface area contributed by atoms with Crippen LogP contribution >= 0.6 is 11.8 Å². The molecule has 100 valence electrons. The third-order valence-electron chi connectivity index (χ3n) is 3.15. The molecular weight excluding hydrogens is 268 g/mol. The van der Waals surface area contributed by atoms with Crippen LogP contribution in [0.2, 0.25) is 0 Å². The summed E-state index contributed by atoms with van der Waals surface area (Å²) in [6.07, 6.45) is 3.72. The van der Waals surface area contributed by atoms with E-state index in [1.807, 2.05) is 54.8 Å². The number of pyridine rings is 2. The number of rotatable bonds is 3. The number of benzene rings is 1. The standard InChI is InChI=1S/C16H14N2OS/c1-20-11-13-10-12-6-5-9-17-15(12)18(16(13)19)14-7-3-2-4-8-14/h2-10H,11H2,1H3. The lowest BCUT2D eigenvalue weighted by Gasteiger charge is -2.11. The van der Waals surface area contributed by atoms with Gasteiger partial charge in [0.15, 0.2) is 0 Å². The van der Waals surface area contributed by atoms with E-state index in [-0.39, 0.29) is 5.56 Å². The fraction of sp³-hybridized carbons (Fsp3) is 0.125. The minimum Gasteiger partial charge on any atom is -0.269 e. The Morgan fingerprint density at radius 2 is 1.95 bits per heavy atom. The molecule has 1 aromatic carbocycles. The number of aromatic nitrogens is 2. The monoisotopic (exact) mass is 282 g/mol. The molecule has 0 unspecified atom stereocenters. The quantitative estimate of drug-likeness (QED) is 0.739. The molecule has 0 aliphatic carbocycles. The molecule has 3 rings (SSSR count). The van der Waals surface area contributed by atoms with Crippen molar-refractivity contribution in [1.82, 2.24) is 9.55 Å². The maximum absolute atomic E-state index is 12.7. The zero-order valence-electron chi connectivity index (χ0n) is 11.1. The molecule has 20 heavy (non-hydrogen) atoms. The Labute approximate surface area is 121 Å². The Morgan fingerprint density at radius 3 is 2.70 bits per heavy atom. The van der Waals surface area contributed by atoms with Crippen LogP contribution in [0.15, 0.2) is 59.5 Å². The maximum atomic E-state index is 12.7. The molecule has 3 aromatic rings. The predicted molar refractivity (Wildman–Crippen MR) is 84.6 cm³/mol. The molecule has 0 radical (unpaired) electrons. The summed E-state index contributed by atoms with van der Waals surface area (Å²) in [5.74, 6) is 0.705. The van der Waals surface area contributed by atoms with Crippen molar-refractivity contribution in [2.24, 2.45) is 0 Å². The summed E-state index contributed by atoms with van der Waals surface area (Å²) in [4.78, 5) is 17.1. The summed E-state index contributed by atoms with van der Waals surface area (Å²) in [6.45, 7) is 0. The van der Waals surface area contributed by atoms with Crippen LogP contribution in [0.1, 0.15) is 5.56 Å². The molecule has 3 nitrogen and oxygen atoms in total. The predicted octanol–water partition coefficient (Wildman–Crippen LogP) is 3.25. The zero-order chi connectivity index (χ0) is 13.9. The summed E-state index contributed by atoms with van der Waals surface area (Å²) in [7, 11) is 0. The van der Waals surface area contributed by atoms with Gasteiger partial charge in [-0.15, -0.1) is 0 Å². The van der Waals surface area contributed by atoms with Gasteiger partial charge in [0.05, 0.1) is 5.69 Å². The summed E-state index contributed by atoms with van der Waals surface area (Å²) < 4.78 is 1.70. The van der Waals surface area contributed by atoms with Gasteiger partial charge in [0.25, 0.3) is 5.56 Å². The number of hydrogen-bond acceptors (Lipinski definition) is 3. The van der Waals surface area contributed by atoms with Crippen molar-refractivity contribution in [1.29, 1.82) is 0 Å². The van der Waals surface area contributed by atoms with Gasteiger partial charge in [-0.2, -0.15) is 11.8 Å². The average molecular weight is 282 g/mol. The SMILES string of the molecule is CSCc1cc2cccnc2n(-c2ccccc2)c1=O. The topological polar surface area (TPSA) is 34.9 Å². The van der Waals surface area contributed by atoms with E-state index in [4.69, 9.17) is 0 Å². The number of fused-ring (bicyclic) bond motifs is 1. The molecule has 0 saturated carbocycles. The van der Waals surface area contributed by atoms with Gasteiger partial charge in [-0.3, -0.25) is 9.36 Å². The van der Waals surface area contributed by atoms with Crippen LogP contribution in [0.25, 0.3) is 16.7 Å². The van der Waals surface area contributed by atoms with E-state index in [2.05, 4.69) is 4.98 Å². The second-order valence-electron chi connectivity index (χ2n) is 4.49. The van der Waals surface area contributed by atoms with E-state index in [0.717, 1.165) is 16.6 Å². The second-order valence-corrected chi connectivity index (χ2v) is 5.36. The Balaban J connectivity index is 2.38. The van der Waals surface area contributed by atoms with Gasteiger partial charge < -0.3 is 0 Å². The van der Waals surface area contributed by atoms with Gasteiger partial charge in [-0.25, -0.2) is 4.98 Å². The third-order valence-corrected chi connectivity index (χ3v) is 3.75. The van der Waals surface area contributed by atoms with Crippen molar-refractivity contribution in [3.05, 3.63) is 70.6 Å². The first-order valence-corrected chi connectivity index (χ1v) is 7.74. The summed E-state index contributed by atoms with van der Waals surface area (Å²) >= 11 is 1.65. The Morgan fingerprint density at radius 1 is 1.15 bits per heavy atom. The van der Waals surface area contributed by atoms with Gasteiger partial charge in [-0.05, 0) is 36.6 Å². The first-order chi connectivity index (χ1) is 9.81. The van der Waals surface area contributed by atoms with Gasteiger partial charge in [0, 0.05) is 22.9 Å². The first-order valence-electron chi connectivity index (χ1n) is 6.35. The van der Waals surface area contributed by atoms with Crippen LogP contribution < -0.4 is 5.56 Å². The van der Waals surface area contributed by atoms with Gasteiger partial charge in [-0.1, -0.05) is 18.2 Å². The minimum atomic E-state index is 0.0109. The molecule has 0 amide bonds. The number of para-hydroxylation sites is 1. The molecule has 2 aromatic heterocycles. The number of nitrogens with zero attached hydrogens (tertiary/aromatic N) is 2. The van der Waals surface area contributed by atoms with Gasteiger partial charge in [0.1, 0.15) is 5.65 Å². The molecule has 0 atom stereocenters. The van der Waals surface area contributed by atoms with Crippen LogP contribution in [0, 0.1) is 0 Å². The van der Waals surface area contributed by atoms with E-state index >= 15 is 0 Å². The lowest BCUT2D eigenvalue weighted by Crippen LogP contribution is -2.22. The lowest BCUT2D eigenvalue weighted by molar-refractivity contribution is 0.992. The molecule has 0 aliphatic rings. The largest absolute Gasteiger partial charge is 0.269 e. The van der Waals surface area contributed by atoms with Crippen LogP contribution in [0.4, 0.5) is 0 Å². The molecule has 0 bridgehead atoms. The highest BCUT2D eigenvalue weighted by atomic mass is 32.2. The molecule has 0 N–H and O–H groups in total. The zero-order valence-corrected chi connectivity index (χ0v) is 11.9. The summed E-state index contributed by atoms with van der Waals surface area (Å²) in [5, 5.41) is 0.986. The van der Waals surface area contributed by atoms with Crippen LogP contribution in [0.3, 0.4) is 0 Å². The van der Waals surface area contributed by atoms with Gasteiger partial charge >= 0.3 is 0 Å². The first kappa shape index (κ1) is 12.9. The minimum absolute atomic E-state index is 0.0109. The van der Waals surface area contributed by atoms with Crippen LogP contribution in [0.5, 0.6) is 0 Å². The van der Waals surface area contributed by atoms with Crippen molar-refractivity contribution < 1.29 is 0 Å². The molecular formula is C16H14N2OS. The third kappa shape index (κ3) is 2.23. The van der Waals surface area contributed by atoms with E-state index in [1.165, 1.54) is 0 Å². The maximum Gasteiger partial charge on any atom is 0.260 e. The Hall–Kier alpha value is -2.07. The van der Waals surface area contributed by atoms with E-state index < -0.39 is 0 Å². The fourth-order valence-electron chi connectivity index (χ4n) is 2.27. The molecule has 0 saturated heterocycles. The van der Waals surface area contributed by atoms with Gasteiger partial charge in [0.2, 0.25) is 0 Å². The molecule has 0 spiro atoms. The Kier molecular flexibility index (Phi) is 3.56. The van der Waals surface area contributed by atoms with Crippen molar-refractivity contribution >= 4 is 22.8 Å². The molecule has 4 heteroatoms. The highest BCUT2D eigenvalue weighted by molar-refractivity contribution is 7.97. The summed E-state index contributed by atoms with van der Waals surface area (Å²) in [5.41, 5.74) is 2.37. The van der Waals surface area contributed by atoms with Crippen molar-refractivity contribution in [3.63, 3.8) is 0 Å². The molecule has 0 aliphatic heterocycles. The second kappa shape index (κ2) is 5.51. The highest BCUT2D eigenvalue weighted by Gasteiger charge is 2.11. The highest BCUT2D eigenvalue weighted by Crippen LogP contribution is 2.17. The summed E-state index contributed by atoms with van der Waals surface area (Å²) in [6, 6.07) is 15.5. The molecule has 2 heterocycles. The van der Waals surface area contributed by atoms with Crippen LogP contribution in [-0.2, 0) is 5.75 Å². The van der Waals surface area contributed by atoms with E-state index in [0.29, 0.717) is 11.4 Å². The molecule has 0 fully saturated rings. The van der Waals surface area contributed by atoms with Crippen LogP contribution in [-0.4, -0.2) is 15.8 Å². The average Bonchev–Trinajstić information content (AvgIpc) is 2.49. The number of thioether (sulfide) groups is 1. The van der Waals surface area contributed by atoms with E-state index in [9.17, 15) is 4.79 Å². The lowest BCUT2D eigenvalue weighted by atomic mass is 10.2. The van der Waals surface area contributed by atoms with Crippen molar-refractivity contribution in [2.45, 2.75) is 5.75 Å².